The Morgan fingerprint density at radius 3 is 2.61 bits per heavy atom. The van der Waals surface area contributed by atoms with Crippen LogP contribution in [-0.4, -0.2) is 26.7 Å². The van der Waals surface area contributed by atoms with Crippen LogP contribution in [0.3, 0.4) is 0 Å². The second-order valence-electron chi connectivity index (χ2n) is 6.10. The quantitative estimate of drug-likeness (QED) is 0.896. The zero-order valence-electron chi connectivity index (χ0n) is 14.0. The summed E-state index contributed by atoms with van der Waals surface area (Å²) in [5, 5.41) is 2.61. The highest BCUT2D eigenvalue weighted by atomic mass is 32.2. The Kier molecular flexibility index (Phi) is 5.09. The van der Waals surface area contributed by atoms with Crippen molar-refractivity contribution in [1.29, 1.82) is 0 Å². The largest absolute Gasteiger partial charge is 0.328 e. The highest BCUT2D eigenvalue weighted by Crippen LogP contribution is 2.35. The number of sulfonamides is 1. The molecule has 0 atom stereocenters. The van der Waals surface area contributed by atoms with E-state index in [9.17, 15) is 13.2 Å². The first-order valence-electron chi connectivity index (χ1n) is 7.77. The molecule has 0 saturated heterocycles. The molecule has 126 valence electrons. The molecule has 0 aromatic heterocycles. The second kappa shape index (κ2) is 6.70. The van der Waals surface area contributed by atoms with Gasteiger partial charge in [0.05, 0.1) is 5.69 Å². The van der Waals surface area contributed by atoms with Crippen molar-refractivity contribution in [3.05, 3.63) is 18.2 Å². The molecule has 1 amide bonds. The third-order valence-corrected chi connectivity index (χ3v) is 4.76. The van der Waals surface area contributed by atoms with Crippen LogP contribution in [0.2, 0.25) is 0 Å². The van der Waals surface area contributed by atoms with E-state index < -0.39 is 10.0 Å². The third kappa shape index (κ3) is 3.90. The third-order valence-electron chi connectivity index (χ3n) is 3.42. The standard InChI is InChI=1S/C16H23N3O3S/c1-5-8-19-14-7-6-13(17-12(4)20)10-15(14)23(21,22)18-16(19)9-11(2)3/h6-7,10-11H,5,8-9H2,1-4H3,(H,17,20). The topological polar surface area (TPSA) is 78.8 Å². The van der Waals surface area contributed by atoms with Crippen molar-refractivity contribution in [2.75, 3.05) is 16.8 Å². The lowest BCUT2D eigenvalue weighted by Crippen LogP contribution is -2.37. The predicted octanol–water partition coefficient (Wildman–Crippen LogP) is 3.01. The number of amidine groups is 1. The number of rotatable bonds is 5. The van der Waals surface area contributed by atoms with Crippen LogP contribution in [0.1, 0.15) is 40.5 Å². The van der Waals surface area contributed by atoms with Crippen LogP contribution < -0.4 is 10.2 Å². The Morgan fingerprint density at radius 2 is 2.04 bits per heavy atom. The van der Waals surface area contributed by atoms with E-state index in [0.717, 1.165) is 6.42 Å². The summed E-state index contributed by atoms with van der Waals surface area (Å²) in [6.07, 6.45) is 1.48. The maximum absolute atomic E-state index is 12.5. The van der Waals surface area contributed by atoms with Crippen LogP contribution in [0.4, 0.5) is 11.4 Å². The summed E-state index contributed by atoms with van der Waals surface area (Å²) in [5.74, 6) is 0.651. The van der Waals surface area contributed by atoms with Gasteiger partial charge in [0.1, 0.15) is 10.7 Å². The first-order chi connectivity index (χ1) is 10.7. The number of fused-ring (bicyclic) bond motifs is 1. The van der Waals surface area contributed by atoms with Gasteiger partial charge in [0.2, 0.25) is 5.91 Å². The molecule has 6 nitrogen and oxygen atoms in total. The second-order valence-corrected chi connectivity index (χ2v) is 7.67. The van der Waals surface area contributed by atoms with Gasteiger partial charge in [0, 0.05) is 25.6 Å². The highest BCUT2D eigenvalue weighted by molar-refractivity contribution is 7.90. The number of hydrogen-bond donors (Lipinski definition) is 1. The first-order valence-corrected chi connectivity index (χ1v) is 9.21. The molecular weight excluding hydrogens is 314 g/mol. The summed E-state index contributed by atoms with van der Waals surface area (Å²) >= 11 is 0. The fourth-order valence-corrected chi connectivity index (χ4v) is 3.85. The lowest BCUT2D eigenvalue weighted by atomic mass is 10.1. The van der Waals surface area contributed by atoms with E-state index in [2.05, 4.69) is 9.71 Å². The maximum Gasteiger partial charge on any atom is 0.286 e. The Hall–Kier alpha value is -1.89. The van der Waals surface area contributed by atoms with E-state index in [1.54, 1.807) is 12.1 Å². The minimum absolute atomic E-state index is 0.143. The van der Waals surface area contributed by atoms with Crippen LogP contribution in [0.15, 0.2) is 27.5 Å². The van der Waals surface area contributed by atoms with Gasteiger partial charge in [-0.3, -0.25) is 4.79 Å². The molecule has 1 aromatic carbocycles. The zero-order chi connectivity index (χ0) is 17.2. The average molecular weight is 337 g/mol. The van der Waals surface area contributed by atoms with Crippen molar-refractivity contribution < 1.29 is 13.2 Å². The monoisotopic (exact) mass is 337 g/mol. The SMILES string of the molecule is CCCN1C(CC(C)C)=NS(=O)(=O)c2cc(NC(C)=O)ccc21. The molecule has 0 fully saturated rings. The van der Waals surface area contributed by atoms with Crippen LogP contribution in [-0.2, 0) is 14.8 Å². The fourth-order valence-electron chi connectivity index (χ4n) is 2.59. The normalized spacial score (nSPS) is 16.0. The summed E-state index contributed by atoms with van der Waals surface area (Å²) in [7, 11) is -3.75. The molecule has 1 N–H and O–H groups in total. The molecule has 0 spiro atoms. The van der Waals surface area contributed by atoms with Gasteiger partial charge >= 0.3 is 0 Å². The van der Waals surface area contributed by atoms with Gasteiger partial charge in [-0.15, -0.1) is 4.40 Å². The van der Waals surface area contributed by atoms with E-state index in [1.165, 1.54) is 13.0 Å². The lowest BCUT2D eigenvalue weighted by Gasteiger charge is -2.31. The van der Waals surface area contributed by atoms with Crippen LogP contribution in [0, 0.1) is 5.92 Å². The molecule has 0 radical (unpaired) electrons. The van der Waals surface area contributed by atoms with Crippen LogP contribution in [0.25, 0.3) is 0 Å². The van der Waals surface area contributed by atoms with E-state index in [0.29, 0.717) is 36.1 Å². The Labute approximate surface area is 137 Å². The van der Waals surface area contributed by atoms with Crippen molar-refractivity contribution in [2.45, 2.75) is 45.4 Å². The van der Waals surface area contributed by atoms with Crippen molar-refractivity contribution in [3.63, 3.8) is 0 Å². The lowest BCUT2D eigenvalue weighted by molar-refractivity contribution is -0.114. The molecule has 0 unspecified atom stereocenters. The highest BCUT2D eigenvalue weighted by Gasteiger charge is 2.30. The van der Waals surface area contributed by atoms with Crippen LogP contribution in [0.5, 0.6) is 0 Å². The predicted molar refractivity (Wildman–Crippen MR) is 92.5 cm³/mol. The van der Waals surface area contributed by atoms with Gasteiger partial charge < -0.3 is 10.2 Å². The molecule has 1 aromatic rings. The molecule has 0 aliphatic carbocycles. The number of carbonyl (C=O) groups excluding carboxylic acids is 1. The summed E-state index contributed by atoms with van der Waals surface area (Å²) in [6, 6.07) is 4.93. The van der Waals surface area contributed by atoms with Gasteiger partial charge in [0.15, 0.2) is 0 Å². The number of benzene rings is 1. The fraction of sp³-hybridized carbons (Fsp3) is 0.500. The Bertz CT molecular complexity index is 739. The van der Waals surface area contributed by atoms with Gasteiger partial charge in [-0.2, -0.15) is 8.42 Å². The van der Waals surface area contributed by atoms with Crippen molar-refractivity contribution in [1.82, 2.24) is 0 Å². The number of nitrogens with one attached hydrogen (secondary N) is 1. The summed E-state index contributed by atoms with van der Waals surface area (Å²) < 4.78 is 29.1. The van der Waals surface area contributed by atoms with E-state index >= 15 is 0 Å². The molecule has 7 heteroatoms. The minimum atomic E-state index is -3.75. The van der Waals surface area contributed by atoms with Gasteiger partial charge in [-0.25, -0.2) is 0 Å². The summed E-state index contributed by atoms with van der Waals surface area (Å²) in [6.45, 7) is 8.20. The smallest absolute Gasteiger partial charge is 0.286 e. The van der Waals surface area contributed by atoms with Gasteiger partial charge in [0.25, 0.3) is 10.0 Å². The van der Waals surface area contributed by atoms with Gasteiger partial charge in [-0.05, 0) is 30.5 Å². The molecule has 0 bridgehead atoms. The van der Waals surface area contributed by atoms with E-state index in [1.807, 2.05) is 25.7 Å². The molecular formula is C16H23N3O3S. The molecule has 1 aliphatic heterocycles. The average Bonchev–Trinajstić information content (AvgIpc) is 2.42. The van der Waals surface area contributed by atoms with Crippen molar-refractivity contribution >= 4 is 33.1 Å². The van der Waals surface area contributed by atoms with Gasteiger partial charge in [-0.1, -0.05) is 20.8 Å². The number of anilines is 2. The Morgan fingerprint density at radius 1 is 1.35 bits per heavy atom. The first kappa shape index (κ1) is 17.5. The molecule has 0 saturated carbocycles. The summed E-state index contributed by atoms with van der Waals surface area (Å²) in [5.41, 5.74) is 1.09. The molecule has 1 heterocycles. The Balaban J connectivity index is 2.54. The molecule has 1 aliphatic rings. The van der Waals surface area contributed by atoms with Crippen molar-refractivity contribution in [3.8, 4) is 0 Å². The summed E-state index contributed by atoms with van der Waals surface area (Å²) in [4.78, 5) is 13.3. The number of carbonyl (C=O) groups is 1. The maximum atomic E-state index is 12.5. The molecule has 23 heavy (non-hydrogen) atoms. The number of amides is 1. The number of hydrogen-bond acceptors (Lipinski definition) is 4. The van der Waals surface area contributed by atoms with E-state index in [4.69, 9.17) is 0 Å². The van der Waals surface area contributed by atoms with Crippen molar-refractivity contribution in [2.24, 2.45) is 10.3 Å². The zero-order valence-corrected chi connectivity index (χ0v) is 14.8. The van der Waals surface area contributed by atoms with E-state index in [-0.39, 0.29) is 10.8 Å². The molecule has 2 rings (SSSR count). The van der Waals surface area contributed by atoms with Crippen LogP contribution >= 0.6 is 0 Å². The number of nitrogens with zero attached hydrogens (tertiary/aromatic N) is 2. The minimum Gasteiger partial charge on any atom is -0.328 e.